The Morgan fingerprint density at radius 1 is 1.67 bits per heavy atom. The van der Waals surface area contributed by atoms with Crippen molar-refractivity contribution in [2.75, 3.05) is 19.6 Å². The van der Waals surface area contributed by atoms with Gasteiger partial charge in [-0.05, 0) is 25.2 Å². The van der Waals surface area contributed by atoms with E-state index in [4.69, 9.17) is 18.1 Å². The van der Waals surface area contributed by atoms with E-state index in [1.165, 1.54) is 13.0 Å². The summed E-state index contributed by atoms with van der Waals surface area (Å²) in [4.78, 5) is 2.39. The Bertz CT molecular complexity index is 155. The van der Waals surface area contributed by atoms with Crippen molar-refractivity contribution in [3.8, 4) is 0 Å². The molecule has 0 aromatic carbocycles. The van der Waals surface area contributed by atoms with Gasteiger partial charge in [0.15, 0.2) is 5.11 Å². The van der Waals surface area contributed by atoms with Gasteiger partial charge in [0.2, 0.25) is 0 Å². The molecular formula is C7H16N4S. The summed E-state index contributed by atoms with van der Waals surface area (Å²) < 4.78 is 0. The Balaban J connectivity index is 2.05. The maximum atomic E-state index is 5.13. The molecule has 0 aliphatic carbocycles. The van der Waals surface area contributed by atoms with Gasteiger partial charge in [-0.1, -0.05) is 6.92 Å². The number of hydrogen-bond acceptors (Lipinski definition) is 3. The first-order valence-electron chi connectivity index (χ1n) is 4.25. The van der Waals surface area contributed by atoms with Crippen LogP contribution >= 0.6 is 12.2 Å². The molecule has 0 bridgehead atoms. The lowest BCUT2D eigenvalue weighted by molar-refractivity contribution is 0.139. The second kappa shape index (κ2) is 4.59. The zero-order valence-electron chi connectivity index (χ0n) is 7.34. The molecule has 1 rings (SSSR count). The quantitative estimate of drug-likeness (QED) is 0.314. The van der Waals surface area contributed by atoms with Gasteiger partial charge in [-0.3, -0.25) is 4.90 Å². The van der Waals surface area contributed by atoms with Gasteiger partial charge in [0, 0.05) is 13.1 Å². The predicted molar refractivity (Wildman–Crippen MR) is 53.6 cm³/mol. The molecule has 0 amide bonds. The molecule has 4 N–H and O–H groups in total. The highest BCUT2D eigenvalue weighted by Crippen LogP contribution is 2.07. The van der Waals surface area contributed by atoms with Crippen LogP contribution in [0.3, 0.4) is 0 Å². The molecule has 5 heteroatoms. The van der Waals surface area contributed by atoms with E-state index >= 15 is 0 Å². The topological polar surface area (TPSA) is 53.3 Å². The molecular weight excluding hydrogens is 172 g/mol. The molecule has 70 valence electrons. The van der Waals surface area contributed by atoms with Gasteiger partial charge in [0.25, 0.3) is 0 Å². The zero-order chi connectivity index (χ0) is 8.97. The highest BCUT2D eigenvalue weighted by atomic mass is 32.1. The molecule has 0 spiro atoms. The summed E-state index contributed by atoms with van der Waals surface area (Å²) in [6.07, 6.45) is 1.21. The van der Waals surface area contributed by atoms with Crippen LogP contribution in [0.5, 0.6) is 0 Å². The first-order valence-corrected chi connectivity index (χ1v) is 4.66. The summed E-state index contributed by atoms with van der Waals surface area (Å²) in [5.74, 6) is 5.13. The normalized spacial score (nSPS) is 18.5. The molecule has 0 saturated carbocycles. The first-order chi connectivity index (χ1) is 5.76. The molecule has 4 nitrogen and oxygen atoms in total. The second-order valence-electron chi connectivity index (χ2n) is 3.07. The minimum atomic E-state index is 0.486. The Morgan fingerprint density at radius 3 is 2.83 bits per heavy atom. The van der Waals surface area contributed by atoms with Gasteiger partial charge in [0.05, 0.1) is 6.04 Å². The predicted octanol–water partition coefficient (Wildman–Crippen LogP) is -0.582. The minimum absolute atomic E-state index is 0.486. The molecule has 0 radical (unpaired) electrons. The minimum Gasteiger partial charge on any atom is -0.356 e. The van der Waals surface area contributed by atoms with Crippen LogP contribution in [0.2, 0.25) is 0 Å². The van der Waals surface area contributed by atoms with E-state index in [1.54, 1.807) is 0 Å². The summed E-state index contributed by atoms with van der Waals surface area (Å²) >= 11 is 4.87. The van der Waals surface area contributed by atoms with Crippen LogP contribution < -0.4 is 16.6 Å². The van der Waals surface area contributed by atoms with E-state index in [2.05, 4.69) is 22.6 Å². The Hall–Kier alpha value is -0.390. The maximum Gasteiger partial charge on any atom is 0.180 e. The number of nitrogens with one attached hydrogen (secondary N) is 2. The van der Waals surface area contributed by atoms with Crippen LogP contribution in [-0.4, -0.2) is 35.7 Å². The largest absolute Gasteiger partial charge is 0.356 e. The second-order valence-corrected chi connectivity index (χ2v) is 3.48. The van der Waals surface area contributed by atoms with Gasteiger partial charge in [-0.2, -0.15) is 0 Å². The molecule has 0 unspecified atom stereocenters. The van der Waals surface area contributed by atoms with Gasteiger partial charge in [0.1, 0.15) is 0 Å². The van der Waals surface area contributed by atoms with E-state index in [1.807, 2.05) is 0 Å². The molecule has 1 heterocycles. The summed E-state index contributed by atoms with van der Waals surface area (Å²) in [5.41, 5.74) is 2.41. The summed E-state index contributed by atoms with van der Waals surface area (Å²) in [5, 5.41) is 3.65. The molecule has 1 aliphatic rings. The molecule has 0 aromatic heterocycles. The highest BCUT2D eigenvalue weighted by molar-refractivity contribution is 7.80. The highest BCUT2D eigenvalue weighted by Gasteiger charge is 2.25. The SMILES string of the molecule is CCCN1CC(NC(=S)NN)C1. The van der Waals surface area contributed by atoms with Crippen LogP contribution in [0.25, 0.3) is 0 Å². The van der Waals surface area contributed by atoms with Crippen LogP contribution in [0.15, 0.2) is 0 Å². The van der Waals surface area contributed by atoms with Gasteiger partial charge < -0.3 is 10.7 Å². The van der Waals surface area contributed by atoms with Crippen molar-refractivity contribution in [1.82, 2.24) is 15.6 Å². The van der Waals surface area contributed by atoms with E-state index in [0.29, 0.717) is 11.2 Å². The Morgan fingerprint density at radius 2 is 2.33 bits per heavy atom. The average molecular weight is 188 g/mol. The van der Waals surface area contributed by atoms with Gasteiger partial charge in [-0.15, -0.1) is 0 Å². The fraction of sp³-hybridized carbons (Fsp3) is 0.857. The number of thiocarbonyl (C=S) groups is 1. The average Bonchev–Trinajstić information content (AvgIpc) is 2.00. The monoisotopic (exact) mass is 188 g/mol. The summed E-state index contributed by atoms with van der Waals surface area (Å²) in [6.45, 7) is 5.53. The van der Waals surface area contributed by atoms with Crippen molar-refractivity contribution >= 4 is 17.3 Å². The van der Waals surface area contributed by atoms with Crippen LogP contribution in [-0.2, 0) is 0 Å². The number of nitrogens with two attached hydrogens (primary N) is 1. The molecule has 1 fully saturated rings. The Labute approximate surface area is 78.5 Å². The van der Waals surface area contributed by atoms with Gasteiger partial charge >= 0.3 is 0 Å². The molecule has 0 aromatic rings. The maximum absolute atomic E-state index is 5.13. The number of nitrogens with zero attached hydrogens (tertiary/aromatic N) is 1. The number of hydrogen-bond donors (Lipinski definition) is 3. The number of hydrazine groups is 1. The summed E-state index contributed by atoms with van der Waals surface area (Å²) in [6, 6.07) is 0.486. The van der Waals surface area contributed by atoms with Crippen molar-refractivity contribution in [1.29, 1.82) is 0 Å². The summed E-state index contributed by atoms with van der Waals surface area (Å²) in [7, 11) is 0. The van der Waals surface area contributed by atoms with Crippen LogP contribution in [0.4, 0.5) is 0 Å². The third-order valence-corrected chi connectivity index (χ3v) is 2.20. The first kappa shape index (κ1) is 9.70. The fourth-order valence-corrected chi connectivity index (χ4v) is 1.55. The third-order valence-electron chi connectivity index (χ3n) is 1.96. The molecule has 0 atom stereocenters. The van der Waals surface area contributed by atoms with Crippen molar-refractivity contribution in [2.24, 2.45) is 5.84 Å². The standard InChI is InChI=1S/C7H16N4S/c1-2-3-11-4-6(5-11)9-7(12)10-8/h6H,2-5,8H2,1H3,(H2,9,10,12). The lowest BCUT2D eigenvalue weighted by Gasteiger charge is -2.39. The number of likely N-dealkylation sites (tertiary alicyclic amines) is 1. The van der Waals surface area contributed by atoms with E-state index in [9.17, 15) is 0 Å². The van der Waals surface area contributed by atoms with Crippen molar-refractivity contribution < 1.29 is 0 Å². The zero-order valence-corrected chi connectivity index (χ0v) is 8.16. The van der Waals surface area contributed by atoms with Gasteiger partial charge in [-0.25, -0.2) is 5.84 Å². The lowest BCUT2D eigenvalue weighted by Crippen LogP contribution is -2.61. The molecule has 1 saturated heterocycles. The number of rotatable bonds is 3. The fourth-order valence-electron chi connectivity index (χ4n) is 1.39. The van der Waals surface area contributed by atoms with Crippen LogP contribution in [0.1, 0.15) is 13.3 Å². The smallest absolute Gasteiger partial charge is 0.180 e. The van der Waals surface area contributed by atoms with Crippen molar-refractivity contribution in [2.45, 2.75) is 19.4 Å². The molecule has 1 aliphatic heterocycles. The van der Waals surface area contributed by atoms with Crippen molar-refractivity contribution in [3.63, 3.8) is 0 Å². The lowest BCUT2D eigenvalue weighted by atomic mass is 10.1. The van der Waals surface area contributed by atoms with E-state index in [-0.39, 0.29) is 0 Å². The molecule has 12 heavy (non-hydrogen) atoms. The van der Waals surface area contributed by atoms with E-state index in [0.717, 1.165) is 13.1 Å². The Kier molecular flexibility index (Phi) is 3.71. The van der Waals surface area contributed by atoms with E-state index < -0.39 is 0 Å². The van der Waals surface area contributed by atoms with Crippen molar-refractivity contribution in [3.05, 3.63) is 0 Å². The third kappa shape index (κ3) is 2.58. The van der Waals surface area contributed by atoms with Crippen LogP contribution in [0, 0.1) is 0 Å².